The van der Waals surface area contributed by atoms with Gasteiger partial charge in [0.1, 0.15) is 13.2 Å². The largest absolute Gasteiger partial charge is 0.481 e. The average molecular weight is 428 g/mol. The van der Waals surface area contributed by atoms with Crippen LogP contribution in [-0.2, 0) is 46.6 Å². The second kappa shape index (κ2) is 11.5. The smallest absolute Gasteiger partial charge is 0.335 e. The van der Waals surface area contributed by atoms with Crippen LogP contribution in [0.4, 0.5) is 0 Å². The number of ether oxygens (including phenoxy) is 3. The number of carbonyl (C=O) groups excluding carboxylic acids is 3. The second-order valence-corrected chi connectivity index (χ2v) is 6.77. The van der Waals surface area contributed by atoms with Crippen molar-refractivity contribution in [3.05, 3.63) is 71.8 Å². The van der Waals surface area contributed by atoms with Crippen LogP contribution in [0.25, 0.3) is 0 Å². The highest BCUT2D eigenvalue weighted by Gasteiger charge is 2.57. The zero-order valence-corrected chi connectivity index (χ0v) is 17.1. The van der Waals surface area contributed by atoms with E-state index in [9.17, 15) is 19.2 Å². The van der Waals surface area contributed by atoms with Crippen molar-refractivity contribution in [1.82, 2.24) is 0 Å². The lowest BCUT2D eigenvalue weighted by Crippen LogP contribution is -2.49. The first-order valence-electron chi connectivity index (χ1n) is 9.62. The second-order valence-electron chi connectivity index (χ2n) is 6.77. The minimum Gasteiger partial charge on any atom is -0.481 e. The van der Waals surface area contributed by atoms with Gasteiger partial charge in [0, 0.05) is 6.42 Å². The van der Waals surface area contributed by atoms with Crippen molar-refractivity contribution >= 4 is 23.9 Å². The van der Waals surface area contributed by atoms with Crippen LogP contribution in [0.2, 0.25) is 0 Å². The molecule has 0 aromatic heterocycles. The molecular weight excluding hydrogens is 404 g/mol. The summed E-state index contributed by atoms with van der Waals surface area (Å²) in [7, 11) is 1.03. The molecule has 8 heteroatoms. The van der Waals surface area contributed by atoms with E-state index in [0.717, 1.165) is 7.11 Å². The van der Waals surface area contributed by atoms with Crippen molar-refractivity contribution in [2.45, 2.75) is 32.5 Å². The maximum absolute atomic E-state index is 13.0. The lowest BCUT2D eigenvalue weighted by molar-refractivity contribution is -0.185. The number of hydrogen-bond donors (Lipinski definition) is 1. The Bertz CT molecular complexity index is 837. The first-order chi connectivity index (χ1) is 14.9. The van der Waals surface area contributed by atoms with Gasteiger partial charge in [0.15, 0.2) is 0 Å². The van der Waals surface area contributed by atoms with Gasteiger partial charge >= 0.3 is 23.9 Å². The van der Waals surface area contributed by atoms with E-state index < -0.39 is 35.7 Å². The molecule has 0 aliphatic heterocycles. The molecule has 8 nitrogen and oxygen atoms in total. The Balaban J connectivity index is 2.26. The number of carboxylic acid groups (broad SMARTS) is 1. The van der Waals surface area contributed by atoms with E-state index in [0.29, 0.717) is 11.1 Å². The Morgan fingerprint density at radius 3 is 1.61 bits per heavy atom. The molecule has 0 spiro atoms. The Hall–Kier alpha value is -3.68. The highest BCUT2D eigenvalue weighted by molar-refractivity contribution is 6.17. The van der Waals surface area contributed by atoms with Gasteiger partial charge in [-0.3, -0.25) is 19.2 Å². The monoisotopic (exact) mass is 428 g/mol. The quantitative estimate of drug-likeness (QED) is 0.330. The predicted octanol–water partition coefficient (Wildman–Crippen LogP) is 2.89. The number of esters is 3. The van der Waals surface area contributed by atoms with Crippen LogP contribution < -0.4 is 0 Å². The van der Waals surface area contributed by atoms with Crippen molar-refractivity contribution in [2.24, 2.45) is 5.41 Å². The fourth-order valence-corrected chi connectivity index (χ4v) is 2.93. The summed E-state index contributed by atoms with van der Waals surface area (Å²) in [6.07, 6.45) is -0.908. The highest BCUT2D eigenvalue weighted by Crippen LogP contribution is 2.31. The van der Waals surface area contributed by atoms with Crippen LogP contribution in [0, 0.1) is 5.41 Å². The fourth-order valence-electron chi connectivity index (χ4n) is 2.93. The van der Waals surface area contributed by atoms with Crippen molar-refractivity contribution < 1.29 is 38.5 Å². The van der Waals surface area contributed by atoms with Crippen LogP contribution in [0.1, 0.15) is 30.4 Å². The van der Waals surface area contributed by atoms with Crippen molar-refractivity contribution in [2.75, 3.05) is 7.11 Å². The lowest BCUT2D eigenvalue weighted by Gasteiger charge is -2.26. The number of aliphatic carboxylic acids is 1. The van der Waals surface area contributed by atoms with E-state index in [1.165, 1.54) is 0 Å². The summed E-state index contributed by atoms with van der Waals surface area (Å²) in [5.74, 6) is -4.58. The normalized spacial score (nSPS) is 10.7. The number of rotatable bonds is 11. The molecule has 1 N–H and O–H groups in total. The molecule has 0 atom stereocenters. The first kappa shape index (κ1) is 23.6. The van der Waals surface area contributed by atoms with Crippen LogP contribution in [0.3, 0.4) is 0 Å². The van der Waals surface area contributed by atoms with E-state index in [2.05, 4.69) is 0 Å². The molecule has 0 heterocycles. The summed E-state index contributed by atoms with van der Waals surface area (Å²) in [5.41, 5.74) is -1.12. The van der Waals surface area contributed by atoms with Crippen molar-refractivity contribution in [1.29, 1.82) is 0 Å². The van der Waals surface area contributed by atoms with Gasteiger partial charge in [0.05, 0.1) is 7.11 Å². The van der Waals surface area contributed by atoms with Gasteiger partial charge in [-0.25, -0.2) is 0 Å². The SMILES string of the molecule is COC(=O)C(CCCC(=O)O)(C(=O)OCc1ccccc1)C(=O)OCc1ccccc1. The summed E-state index contributed by atoms with van der Waals surface area (Å²) in [5, 5.41) is 8.94. The Morgan fingerprint density at radius 1 is 0.774 bits per heavy atom. The van der Waals surface area contributed by atoms with Gasteiger partial charge in [-0.1, -0.05) is 60.7 Å². The zero-order valence-electron chi connectivity index (χ0n) is 17.1. The third-order valence-corrected chi connectivity index (χ3v) is 4.60. The molecular formula is C23H24O8. The van der Waals surface area contributed by atoms with Crippen LogP contribution in [0.15, 0.2) is 60.7 Å². The predicted molar refractivity (Wildman–Crippen MR) is 108 cm³/mol. The Kier molecular flexibility index (Phi) is 8.75. The average Bonchev–Trinajstić information content (AvgIpc) is 2.79. The van der Waals surface area contributed by atoms with Gasteiger partial charge in [-0.15, -0.1) is 0 Å². The fraction of sp³-hybridized carbons (Fsp3) is 0.304. The maximum Gasteiger partial charge on any atom is 0.335 e. The molecule has 0 saturated carbocycles. The molecule has 0 unspecified atom stereocenters. The highest BCUT2D eigenvalue weighted by atomic mass is 16.6. The number of hydrogen-bond acceptors (Lipinski definition) is 7. The molecule has 0 aliphatic rings. The third-order valence-electron chi connectivity index (χ3n) is 4.60. The molecule has 0 saturated heterocycles. The molecule has 2 aromatic rings. The van der Waals surface area contributed by atoms with Crippen LogP contribution in [-0.4, -0.2) is 36.1 Å². The molecule has 0 radical (unpaired) electrons. The van der Waals surface area contributed by atoms with Crippen LogP contribution in [0.5, 0.6) is 0 Å². The summed E-state index contributed by atoms with van der Waals surface area (Å²) >= 11 is 0. The molecule has 2 rings (SSSR count). The molecule has 0 aliphatic carbocycles. The first-order valence-corrected chi connectivity index (χ1v) is 9.62. The summed E-state index contributed by atoms with van der Waals surface area (Å²) < 4.78 is 15.3. The van der Waals surface area contributed by atoms with E-state index in [1.54, 1.807) is 60.7 Å². The van der Waals surface area contributed by atoms with E-state index in [1.807, 2.05) is 0 Å². The van der Waals surface area contributed by atoms with Crippen LogP contribution >= 0.6 is 0 Å². The maximum atomic E-state index is 13.0. The number of methoxy groups -OCH3 is 1. The molecule has 164 valence electrons. The van der Waals surface area contributed by atoms with Crippen molar-refractivity contribution in [3.63, 3.8) is 0 Å². The van der Waals surface area contributed by atoms with E-state index in [-0.39, 0.29) is 26.1 Å². The van der Waals surface area contributed by atoms with Gasteiger partial charge < -0.3 is 19.3 Å². The lowest BCUT2D eigenvalue weighted by atomic mass is 9.82. The van der Waals surface area contributed by atoms with Gasteiger partial charge in [0.2, 0.25) is 0 Å². The minimum absolute atomic E-state index is 0.134. The number of benzene rings is 2. The third kappa shape index (κ3) is 6.40. The minimum atomic E-state index is -2.42. The van der Waals surface area contributed by atoms with Crippen molar-refractivity contribution in [3.8, 4) is 0 Å². The topological polar surface area (TPSA) is 116 Å². The molecule has 31 heavy (non-hydrogen) atoms. The Labute approximate surface area is 179 Å². The molecule has 2 aromatic carbocycles. The summed E-state index contributed by atoms with van der Waals surface area (Å²) in [4.78, 5) is 49.6. The zero-order chi connectivity index (χ0) is 22.7. The van der Waals surface area contributed by atoms with E-state index in [4.69, 9.17) is 19.3 Å². The standard InChI is InChI=1S/C23H24O8/c1-29-20(26)23(14-8-13-19(24)25,21(27)30-15-17-9-4-2-5-10-17)22(28)31-16-18-11-6-3-7-12-18/h2-7,9-12H,8,13-16H2,1H3,(H,24,25). The van der Waals surface area contributed by atoms with E-state index >= 15 is 0 Å². The number of carboxylic acids is 1. The van der Waals surface area contributed by atoms with Gasteiger partial charge in [-0.05, 0) is 24.0 Å². The Morgan fingerprint density at radius 2 is 1.23 bits per heavy atom. The number of carbonyl (C=O) groups is 4. The molecule has 0 bridgehead atoms. The van der Waals surface area contributed by atoms with Gasteiger partial charge in [-0.2, -0.15) is 0 Å². The summed E-state index contributed by atoms with van der Waals surface area (Å²) in [6, 6.07) is 17.4. The molecule has 0 fully saturated rings. The van der Waals surface area contributed by atoms with Gasteiger partial charge in [0.25, 0.3) is 5.41 Å². The summed E-state index contributed by atoms with van der Waals surface area (Å²) in [6.45, 7) is -0.355. The molecule has 0 amide bonds.